The van der Waals surface area contributed by atoms with Crippen molar-refractivity contribution in [2.75, 3.05) is 13.2 Å². The maximum absolute atomic E-state index is 12.0. The minimum Gasteiger partial charge on any atom is -0.375 e. The van der Waals surface area contributed by atoms with Crippen LogP contribution in [0.4, 0.5) is 0 Å². The highest BCUT2D eigenvalue weighted by Gasteiger charge is 2.50. The summed E-state index contributed by atoms with van der Waals surface area (Å²) in [6.45, 7) is 5.46. The van der Waals surface area contributed by atoms with Gasteiger partial charge in [-0.25, -0.2) is 0 Å². The van der Waals surface area contributed by atoms with E-state index in [0.717, 1.165) is 25.8 Å². The number of hydrogen-bond donors (Lipinski definition) is 2. The predicted molar refractivity (Wildman–Crippen MR) is 80.3 cm³/mol. The summed E-state index contributed by atoms with van der Waals surface area (Å²) in [4.78, 5) is 12.0. The summed E-state index contributed by atoms with van der Waals surface area (Å²) in [5.74, 6) is 0.768. The van der Waals surface area contributed by atoms with Crippen molar-refractivity contribution in [1.82, 2.24) is 5.32 Å². The Morgan fingerprint density at radius 3 is 2.50 bits per heavy atom. The molecule has 116 valence electrons. The zero-order chi connectivity index (χ0) is 14.6. The highest BCUT2D eigenvalue weighted by atomic mass is 16.5. The van der Waals surface area contributed by atoms with Crippen LogP contribution in [-0.2, 0) is 9.53 Å². The molecule has 0 aromatic heterocycles. The predicted octanol–water partition coefficient (Wildman–Crippen LogP) is 2.22. The molecule has 4 heteroatoms. The van der Waals surface area contributed by atoms with Gasteiger partial charge in [-0.3, -0.25) is 4.79 Å². The summed E-state index contributed by atoms with van der Waals surface area (Å²) in [7, 11) is 0. The van der Waals surface area contributed by atoms with E-state index in [1.807, 2.05) is 6.92 Å². The van der Waals surface area contributed by atoms with Crippen molar-refractivity contribution in [3.8, 4) is 0 Å². The van der Waals surface area contributed by atoms with E-state index in [-0.39, 0.29) is 5.91 Å². The Morgan fingerprint density at radius 1 is 1.25 bits per heavy atom. The highest BCUT2D eigenvalue weighted by Crippen LogP contribution is 2.40. The molecule has 2 rings (SSSR count). The second-order valence-electron chi connectivity index (χ2n) is 6.44. The highest BCUT2D eigenvalue weighted by molar-refractivity contribution is 5.85. The van der Waals surface area contributed by atoms with Gasteiger partial charge >= 0.3 is 0 Å². The lowest BCUT2D eigenvalue weighted by molar-refractivity contribution is -0.131. The van der Waals surface area contributed by atoms with Gasteiger partial charge in [-0.15, -0.1) is 0 Å². The lowest BCUT2D eigenvalue weighted by Gasteiger charge is -2.36. The fourth-order valence-electron chi connectivity index (χ4n) is 3.66. The fraction of sp³-hybridized carbons (Fsp3) is 0.938. The van der Waals surface area contributed by atoms with E-state index >= 15 is 0 Å². The third-order valence-electron chi connectivity index (χ3n) is 5.09. The molecule has 2 fully saturated rings. The molecule has 0 aromatic carbocycles. The molecule has 1 amide bonds. The molecule has 3 N–H and O–H groups in total. The molecule has 0 radical (unpaired) electrons. The fourth-order valence-corrected chi connectivity index (χ4v) is 3.66. The van der Waals surface area contributed by atoms with Crippen molar-refractivity contribution in [2.45, 2.75) is 70.4 Å². The maximum atomic E-state index is 12.0. The standard InChI is InChI=1S/C16H30N2O2/c1-3-12-7-5-6-8-14(12)20-11-16(15(17)19,18-4-2)13-9-10-13/h12-14,18H,3-11H2,1-2H3,(H2,17,19). The Bertz CT molecular complexity index is 330. The Balaban J connectivity index is 1.98. The molecule has 0 aromatic rings. The number of primary amides is 1. The first-order valence-electron chi connectivity index (χ1n) is 8.30. The Labute approximate surface area is 122 Å². The van der Waals surface area contributed by atoms with Crippen molar-refractivity contribution in [2.24, 2.45) is 17.6 Å². The second-order valence-corrected chi connectivity index (χ2v) is 6.44. The van der Waals surface area contributed by atoms with Crippen LogP contribution in [0.1, 0.15) is 58.8 Å². The zero-order valence-corrected chi connectivity index (χ0v) is 13.0. The molecule has 0 heterocycles. The Morgan fingerprint density at radius 2 is 1.95 bits per heavy atom. The van der Waals surface area contributed by atoms with E-state index in [1.165, 1.54) is 25.7 Å². The topological polar surface area (TPSA) is 64.3 Å². The number of amides is 1. The van der Waals surface area contributed by atoms with Gasteiger partial charge in [0.05, 0.1) is 12.7 Å². The molecule has 0 saturated heterocycles. The van der Waals surface area contributed by atoms with Crippen LogP contribution in [0, 0.1) is 11.8 Å². The van der Waals surface area contributed by atoms with E-state index < -0.39 is 5.54 Å². The summed E-state index contributed by atoms with van der Waals surface area (Å²) >= 11 is 0. The lowest BCUT2D eigenvalue weighted by atomic mass is 9.84. The van der Waals surface area contributed by atoms with Gasteiger partial charge in [0.1, 0.15) is 5.54 Å². The van der Waals surface area contributed by atoms with Crippen LogP contribution in [0.3, 0.4) is 0 Å². The van der Waals surface area contributed by atoms with Gasteiger partial charge in [-0.1, -0.05) is 33.1 Å². The number of nitrogens with two attached hydrogens (primary N) is 1. The number of hydrogen-bond acceptors (Lipinski definition) is 3. The van der Waals surface area contributed by atoms with Crippen molar-refractivity contribution < 1.29 is 9.53 Å². The lowest BCUT2D eigenvalue weighted by Crippen LogP contribution is -2.61. The van der Waals surface area contributed by atoms with Crippen LogP contribution in [0.25, 0.3) is 0 Å². The summed E-state index contributed by atoms with van der Waals surface area (Å²) in [6.07, 6.45) is 8.59. The molecule has 2 saturated carbocycles. The summed E-state index contributed by atoms with van der Waals surface area (Å²) in [5.41, 5.74) is 5.07. The largest absolute Gasteiger partial charge is 0.375 e. The molecule has 0 bridgehead atoms. The minimum absolute atomic E-state index is 0.245. The molecule has 0 spiro atoms. The smallest absolute Gasteiger partial charge is 0.240 e. The van der Waals surface area contributed by atoms with Crippen LogP contribution < -0.4 is 11.1 Å². The van der Waals surface area contributed by atoms with E-state index in [9.17, 15) is 4.79 Å². The van der Waals surface area contributed by atoms with Gasteiger partial charge in [0.25, 0.3) is 0 Å². The monoisotopic (exact) mass is 282 g/mol. The van der Waals surface area contributed by atoms with E-state index in [0.29, 0.717) is 24.5 Å². The van der Waals surface area contributed by atoms with Crippen LogP contribution in [0.5, 0.6) is 0 Å². The molecule has 3 unspecified atom stereocenters. The van der Waals surface area contributed by atoms with Crippen molar-refractivity contribution in [1.29, 1.82) is 0 Å². The zero-order valence-electron chi connectivity index (χ0n) is 13.0. The first-order valence-corrected chi connectivity index (χ1v) is 8.30. The van der Waals surface area contributed by atoms with Crippen LogP contribution >= 0.6 is 0 Å². The van der Waals surface area contributed by atoms with Crippen LogP contribution in [-0.4, -0.2) is 30.7 Å². The van der Waals surface area contributed by atoms with E-state index in [2.05, 4.69) is 12.2 Å². The van der Waals surface area contributed by atoms with Gasteiger partial charge in [-0.2, -0.15) is 0 Å². The first kappa shape index (κ1) is 15.8. The minimum atomic E-state index is -0.634. The maximum Gasteiger partial charge on any atom is 0.240 e. The number of rotatable bonds is 8. The van der Waals surface area contributed by atoms with Crippen LogP contribution in [0.15, 0.2) is 0 Å². The molecule has 20 heavy (non-hydrogen) atoms. The van der Waals surface area contributed by atoms with Gasteiger partial charge in [-0.05, 0) is 44.1 Å². The average Bonchev–Trinajstić information content (AvgIpc) is 3.28. The van der Waals surface area contributed by atoms with Gasteiger partial charge < -0.3 is 15.8 Å². The van der Waals surface area contributed by atoms with Gasteiger partial charge in [0.2, 0.25) is 5.91 Å². The van der Waals surface area contributed by atoms with Crippen molar-refractivity contribution in [3.05, 3.63) is 0 Å². The number of likely N-dealkylation sites (N-methyl/N-ethyl adjacent to an activating group) is 1. The van der Waals surface area contributed by atoms with E-state index in [4.69, 9.17) is 10.5 Å². The Kier molecular flexibility index (Phi) is 5.44. The molecule has 2 aliphatic carbocycles. The number of carbonyl (C=O) groups excluding carboxylic acids is 1. The van der Waals surface area contributed by atoms with Crippen molar-refractivity contribution in [3.63, 3.8) is 0 Å². The number of carbonyl (C=O) groups is 1. The quantitative estimate of drug-likeness (QED) is 0.717. The molecule has 0 aliphatic heterocycles. The molecule has 3 atom stereocenters. The molecule has 4 nitrogen and oxygen atoms in total. The normalized spacial score (nSPS) is 29.9. The molecular formula is C16H30N2O2. The van der Waals surface area contributed by atoms with Gasteiger partial charge in [0.15, 0.2) is 0 Å². The van der Waals surface area contributed by atoms with Gasteiger partial charge in [0, 0.05) is 0 Å². The van der Waals surface area contributed by atoms with Crippen molar-refractivity contribution >= 4 is 5.91 Å². The molecular weight excluding hydrogens is 252 g/mol. The number of nitrogens with one attached hydrogen (secondary N) is 1. The SMILES string of the molecule is CCNC(COC1CCCCC1CC)(C(N)=O)C1CC1. The Hall–Kier alpha value is -0.610. The second kappa shape index (κ2) is 6.90. The number of ether oxygens (including phenoxy) is 1. The summed E-state index contributed by atoms with van der Waals surface area (Å²) < 4.78 is 6.20. The van der Waals surface area contributed by atoms with E-state index in [1.54, 1.807) is 0 Å². The third kappa shape index (κ3) is 3.34. The van der Waals surface area contributed by atoms with Crippen LogP contribution in [0.2, 0.25) is 0 Å². The first-order chi connectivity index (χ1) is 9.64. The molecule has 2 aliphatic rings. The average molecular weight is 282 g/mol. The summed E-state index contributed by atoms with van der Waals surface area (Å²) in [5, 5.41) is 3.33. The summed E-state index contributed by atoms with van der Waals surface area (Å²) in [6, 6.07) is 0. The third-order valence-corrected chi connectivity index (χ3v) is 5.09.